The predicted molar refractivity (Wildman–Crippen MR) is 67.1 cm³/mol. The Balaban J connectivity index is 2.36. The zero-order valence-electron chi connectivity index (χ0n) is 11.1. The lowest BCUT2D eigenvalue weighted by atomic mass is 9.77. The van der Waals surface area contributed by atoms with Crippen LogP contribution < -0.4 is 5.32 Å². The second-order valence-electron chi connectivity index (χ2n) is 5.36. The van der Waals surface area contributed by atoms with E-state index >= 15 is 0 Å². The van der Waals surface area contributed by atoms with E-state index in [9.17, 15) is 0 Å². The summed E-state index contributed by atoms with van der Waals surface area (Å²) < 4.78 is 0. The molecule has 2 nitrogen and oxygen atoms in total. The summed E-state index contributed by atoms with van der Waals surface area (Å²) in [5.74, 6) is 1.64. The van der Waals surface area contributed by atoms with Crippen molar-refractivity contribution >= 4 is 0 Å². The average Bonchev–Trinajstić information content (AvgIpc) is 2.15. The molecule has 0 radical (unpaired) electrons. The normalized spacial score (nSPS) is 28.2. The van der Waals surface area contributed by atoms with E-state index in [-0.39, 0.29) is 0 Å². The van der Waals surface area contributed by atoms with Crippen molar-refractivity contribution in [1.82, 2.24) is 10.2 Å². The number of hydrogen-bond donors (Lipinski definition) is 1. The molecule has 1 aliphatic carbocycles. The number of nitrogens with one attached hydrogen (secondary N) is 1. The molecule has 0 spiro atoms. The first-order valence-electron chi connectivity index (χ1n) is 6.50. The molecule has 15 heavy (non-hydrogen) atoms. The number of rotatable bonds is 6. The lowest BCUT2D eigenvalue weighted by molar-refractivity contribution is 0.0404. The van der Waals surface area contributed by atoms with E-state index in [0.29, 0.717) is 6.04 Å². The molecule has 0 aromatic carbocycles. The van der Waals surface area contributed by atoms with Crippen molar-refractivity contribution in [2.45, 2.75) is 52.6 Å². The van der Waals surface area contributed by atoms with Gasteiger partial charge in [-0.3, -0.25) is 0 Å². The highest BCUT2D eigenvalue weighted by molar-refractivity contribution is 4.90. The Morgan fingerprint density at radius 3 is 2.33 bits per heavy atom. The van der Waals surface area contributed by atoms with Gasteiger partial charge in [-0.25, -0.2) is 0 Å². The van der Waals surface area contributed by atoms with Gasteiger partial charge in [-0.15, -0.1) is 0 Å². The van der Waals surface area contributed by atoms with Crippen LogP contribution in [0.2, 0.25) is 0 Å². The quantitative estimate of drug-likeness (QED) is 0.727. The van der Waals surface area contributed by atoms with E-state index in [4.69, 9.17) is 0 Å². The first-order chi connectivity index (χ1) is 7.07. The van der Waals surface area contributed by atoms with E-state index in [1.54, 1.807) is 0 Å². The van der Waals surface area contributed by atoms with Crippen LogP contribution in [0.25, 0.3) is 0 Å². The third-order valence-corrected chi connectivity index (χ3v) is 4.16. The van der Waals surface area contributed by atoms with Crippen LogP contribution in [0.15, 0.2) is 0 Å². The second-order valence-corrected chi connectivity index (χ2v) is 5.36. The summed E-state index contributed by atoms with van der Waals surface area (Å²) in [6.45, 7) is 11.5. The van der Waals surface area contributed by atoms with Gasteiger partial charge in [0.15, 0.2) is 0 Å². The second kappa shape index (κ2) is 5.86. The lowest BCUT2D eigenvalue weighted by Crippen LogP contribution is -2.52. The maximum Gasteiger partial charge on any atom is 0.0136 e. The molecule has 0 aromatic rings. The largest absolute Gasteiger partial charge is 0.317 e. The van der Waals surface area contributed by atoms with Gasteiger partial charge >= 0.3 is 0 Å². The van der Waals surface area contributed by atoms with E-state index in [1.807, 2.05) is 0 Å². The summed E-state index contributed by atoms with van der Waals surface area (Å²) in [5, 5.41) is 3.48. The van der Waals surface area contributed by atoms with Crippen LogP contribution in [0.5, 0.6) is 0 Å². The fraction of sp³-hybridized carbons (Fsp3) is 1.00. The minimum atomic E-state index is 0.708. The van der Waals surface area contributed by atoms with Crippen molar-refractivity contribution in [3.8, 4) is 0 Å². The Hall–Kier alpha value is -0.0800. The van der Waals surface area contributed by atoms with Crippen molar-refractivity contribution in [3.63, 3.8) is 0 Å². The number of hydrogen-bond acceptors (Lipinski definition) is 2. The van der Waals surface area contributed by atoms with Crippen LogP contribution in [0.3, 0.4) is 0 Å². The Morgan fingerprint density at radius 1 is 1.27 bits per heavy atom. The van der Waals surface area contributed by atoms with Crippen molar-refractivity contribution in [2.24, 2.45) is 11.8 Å². The van der Waals surface area contributed by atoms with Crippen LogP contribution in [-0.2, 0) is 0 Å². The maximum atomic E-state index is 3.48. The molecule has 90 valence electrons. The van der Waals surface area contributed by atoms with E-state index in [2.05, 4.69) is 45.0 Å². The smallest absolute Gasteiger partial charge is 0.0136 e. The first kappa shape index (κ1) is 13.0. The van der Waals surface area contributed by atoms with Crippen molar-refractivity contribution in [2.75, 3.05) is 20.1 Å². The van der Waals surface area contributed by atoms with Gasteiger partial charge in [-0.2, -0.15) is 0 Å². The Bertz CT molecular complexity index is 179. The molecule has 1 fully saturated rings. The SMILES string of the molecule is CCNCC1CCC1N(C)C(C)C(C)C. The van der Waals surface area contributed by atoms with Crippen molar-refractivity contribution in [1.29, 1.82) is 0 Å². The van der Waals surface area contributed by atoms with Gasteiger partial charge in [0.2, 0.25) is 0 Å². The highest BCUT2D eigenvalue weighted by Gasteiger charge is 2.35. The van der Waals surface area contributed by atoms with Crippen LogP contribution in [0.4, 0.5) is 0 Å². The molecular weight excluding hydrogens is 184 g/mol. The highest BCUT2D eigenvalue weighted by Crippen LogP contribution is 2.32. The lowest BCUT2D eigenvalue weighted by Gasteiger charge is -2.46. The molecule has 1 rings (SSSR count). The summed E-state index contributed by atoms with van der Waals surface area (Å²) in [7, 11) is 2.30. The molecule has 2 heteroatoms. The third kappa shape index (κ3) is 3.18. The third-order valence-electron chi connectivity index (χ3n) is 4.16. The molecule has 0 saturated heterocycles. The van der Waals surface area contributed by atoms with Crippen LogP contribution in [0, 0.1) is 11.8 Å². The minimum Gasteiger partial charge on any atom is -0.317 e. The molecule has 1 saturated carbocycles. The van der Waals surface area contributed by atoms with Crippen molar-refractivity contribution in [3.05, 3.63) is 0 Å². The maximum absolute atomic E-state index is 3.48. The van der Waals surface area contributed by atoms with Gasteiger partial charge in [-0.1, -0.05) is 20.8 Å². The Morgan fingerprint density at radius 2 is 1.93 bits per heavy atom. The first-order valence-corrected chi connectivity index (χ1v) is 6.50. The summed E-state index contributed by atoms with van der Waals surface area (Å²) in [4.78, 5) is 2.59. The van der Waals surface area contributed by atoms with E-state index in [1.165, 1.54) is 19.4 Å². The summed E-state index contributed by atoms with van der Waals surface area (Å²) in [6, 6.07) is 1.53. The van der Waals surface area contributed by atoms with Crippen molar-refractivity contribution < 1.29 is 0 Å². The Kier molecular flexibility index (Phi) is 5.07. The topological polar surface area (TPSA) is 15.3 Å². The predicted octanol–water partition coefficient (Wildman–Crippen LogP) is 2.35. The molecule has 0 aromatic heterocycles. The molecule has 0 heterocycles. The van der Waals surface area contributed by atoms with Crippen LogP contribution in [-0.4, -0.2) is 37.1 Å². The summed E-state index contributed by atoms with van der Waals surface area (Å²) >= 11 is 0. The monoisotopic (exact) mass is 212 g/mol. The van der Waals surface area contributed by atoms with E-state index < -0.39 is 0 Å². The van der Waals surface area contributed by atoms with Crippen LogP contribution in [0.1, 0.15) is 40.5 Å². The standard InChI is InChI=1S/C13H28N2/c1-6-14-9-12-7-8-13(12)15(5)11(4)10(2)3/h10-14H,6-9H2,1-5H3. The molecule has 3 atom stereocenters. The average molecular weight is 212 g/mol. The molecular formula is C13H28N2. The fourth-order valence-electron chi connectivity index (χ4n) is 2.43. The summed E-state index contributed by atoms with van der Waals surface area (Å²) in [5.41, 5.74) is 0. The molecule has 1 aliphatic rings. The van der Waals surface area contributed by atoms with Gasteiger partial charge < -0.3 is 10.2 Å². The minimum absolute atomic E-state index is 0.708. The van der Waals surface area contributed by atoms with Gasteiger partial charge in [0.05, 0.1) is 0 Å². The van der Waals surface area contributed by atoms with Gasteiger partial charge in [0.25, 0.3) is 0 Å². The molecule has 0 amide bonds. The molecule has 0 aliphatic heterocycles. The zero-order chi connectivity index (χ0) is 11.4. The van der Waals surface area contributed by atoms with Gasteiger partial charge in [0.1, 0.15) is 0 Å². The van der Waals surface area contributed by atoms with Gasteiger partial charge in [-0.05, 0) is 51.7 Å². The molecule has 1 N–H and O–H groups in total. The fourth-order valence-corrected chi connectivity index (χ4v) is 2.43. The molecule has 3 unspecified atom stereocenters. The molecule has 0 bridgehead atoms. The highest BCUT2D eigenvalue weighted by atomic mass is 15.2. The zero-order valence-corrected chi connectivity index (χ0v) is 11.1. The number of nitrogens with zero attached hydrogens (tertiary/aromatic N) is 1. The van der Waals surface area contributed by atoms with Gasteiger partial charge in [0, 0.05) is 12.1 Å². The summed E-state index contributed by atoms with van der Waals surface area (Å²) in [6.07, 6.45) is 2.80. The van der Waals surface area contributed by atoms with E-state index in [0.717, 1.165) is 24.4 Å². The Labute approximate surface area is 95.4 Å². The van der Waals surface area contributed by atoms with Crippen LogP contribution >= 0.6 is 0 Å².